The van der Waals surface area contributed by atoms with Crippen molar-refractivity contribution in [3.05, 3.63) is 93.5 Å². The Hall–Kier alpha value is -3.18. The average Bonchev–Trinajstić information content (AvgIpc) is 3.12. The highest BCUT2D eigenvalue weighted by atomic mass is 16.3. The largest absolute Gasteiger partial charge is 0.387 e. The first kappa shape index (κ1) is 18.2. The molecule has 0 fully saturated rings. The molecule has 4 aromatic rings. The maximum atomic E-state index is 12.9. The molecule has 2 heterocycles. The average molecular weight is 373 g/mol. The van der Waals surface area contributed by atoms with Gasteiger partial charge in [0, 0.05) is 18.0 Å². The van der Waals surface area contributed by atoms with Crippen molar-refractivity contribution in [2.24, 2.45) is 0 Å². The number of benzene rings is 2. The molecule has 0 aliphatic heterocycles. The maximum absolute atomic E-state index is 12.9. The summed E-state index contributed by atoms with van der Waals surface area (Å²) in [6.45, 7) is 6.29. The van der Waals surface area contributed by atoms with E-state index < -0.39 is 6.10 Å². The number of aliphatic hydroxyl groups is 1. The predicted molar refractivity (Wildman–Crippen MR) is 111 cm³/mol. The Morgan fingerprint density at radius 1 is 0.964 bits per heavy atom. The van der Waals surface area contributed by atoms with Crippen LogP contribution in [0.2, 0.25) is 0 Å². The lowest BCUT2D eigenvalue weighted by atomic mass is 10.0. The van der Waals surface area contributed by atoms with Gasteiger partial charge in [0.05, 0.1) is 18.3 Å². The summed E-state index contributed by atoms with van der Waals surface area (Å²) in [5, 5.41) is 15.1. The van der Waals surface area contributed by atoms with E-state index in [1.165, 1.54) is 15.7 Å². The highest BCUT2D eigenvalue weighted by Gasteiger charge is 2.13. The molecule has 0 aliphatic carbocycles. The van der Waals surface area contributed by atoms with E-state index in [-0.39, 0.29) is 12.1 Å². The highest BCUT2D eigenvalue weighted by Crippen LogP contribution is 2.20. The Balaban J connectivity index is 1.66. The van der Waals surface area contributed by atoms with Crippen LogP contribution in [0.3, 0.4) is 0 Å². The predicted octanol–water partition coefficient (Wildman–Crippen LogP) is 3.82. The Kier molecular flexibility index (Phi) is 4.61. The van der Waals surface area contributed by atoms with Crippen molar-refractivity contribution in [3.8, 4) is 11.3 Å². The van der Waals surface area contributed by atoms with Crippen LogP contribution >= 0.6 is 0 Å². The zero-order valence-electron chi connectivity index (χ0n) is 16.3. The Bertz CT molecular complexity index is 1200. The molecule has 142 valence electrons. The summed E-state index contributed by atoms with van der Waals surface area (Å²) in [4.78, 5) is 12.9. The number of aromatic nitrogens is 3. The van der Waals surface area contributed by atoms with Crippen molar-refractivity contribution in [1.82, 2.24) is 14.2 Å². The molecule has 0 amide bonds. The minimum Gasteiger partial charge on any atom is -0.387 e. The molecule has 0 aliphatic rings. The lowest BCUT2D eigenvalue weighted by molar-refractivity contribution is 0.155. The second-order valence-corrected chi connectivity index (χ2v) is 7.34. The molecule has 5 heteroatoms. The molecule has 28 heavy (non-hydrogen) atoms. The second-order valence-electron chi connectivity index (χ2n) is 7.34. The first-order valence-electron chi connectivity index (χ1n) is 9.33. The van der Waals surface area contributed by atoms with Gasteiger partial charge in [-0.2, -0.15) is 5.10 Å². The van der Waals surface area contributed by atoms with Crippen LogP contribution in [0.5, 0.6) is 0 Å². The van der Waals surface area contributed by atoms with Gasteiger partial charge in [0.1, 0.15) is 5.52 Å². The Morgan fingerprint density at radius 2 is 1.71 bits per heavy atom. The number of aliphatic hydroxyl groups excluding tert-OH is 1. The molecule has 0 radical (unpaired) electrons. The number of fused-ring (bicyclic) bond motifs is 1. The molecule has 1 unspecified atom stereocenters. The third kappa shape index (κ3) is 3.37. The van der Waals surface area contributed by atoms with Gasteiger partial charge in [0.25, 0.3) is 5.56 Å². The fraction of sp³-hybridized carbons (Fsp3) is 0.217. The molecule has 0 saturated carbocycles. The van der Waals surface area contributed by atoms with Gasteiger partial charge >= 0.3 is 0 Å². The number of hydrogen-bond acceptors (Lipinski definition) is 3. The van der Waals surface area contributed by atoms with Gasteiger partial charge in [-0.05, 0) is 43.5 Å². The van der Waals surface area contributed by atoms with E-state index in [2.05, 4.69) is 5.10 Å². The SMILES string of the molecule is Cc1ccc(-c2cc3c(=O)n(CC(O)c4ccc(C)c(C)c4)ccn3n2)cc1. The Labute approximate surface area is 163 Å². The van der Waals surface area contributed by atoms with Crippen LogP contribution in [0.1, 0.15) is 28.4 Å². The number of nitrogens with zero attached hydrogens (tertiary/aromatic N) is 3. The van der Waals surface area contributed by atoms with Gasteiger partial charge in [-0.25, -0.2) is 4.52 Å². The summed E-state index contributed by atoms with van der Waals surface area (Å²) >= 11 is 0. The Morgan fingerprint density at radius 3 is 2.43 bits per heavy atom. The smallest absolute Gasteiger partial charge is 0.276 e. The topological polar surface area (TPSA) is 59.5 Å². The monoisotopic (exact) mass is 373 g/mol. The number of rotatable bonds is 4. The zero-order valence-corrected chi connectivity index (χ0v) is 16.3. The van der Waals surface area contributed by atoms with E-state index >= 15 is 0 Å². The van der Waals surface area contributed by atoms with Gasteiger partial charge in [0.15, 0.2) is 0 Å². The van der Waals surface area contributed by atoms with E-state index in [4.69, 9.17) is 0 Å². The quantitative estimate of drug-likeness (QED) is 0.592. The minimum absolute atomic E-state index is 0.170. The van der Waals surface area contributed by atoms with Gasteiger partial charge < -0.3 is 9.67 Å². The molecular formula is C23H23N3O2. The van der Waals surface area contributed by atoms with Crippen molar-refractivity contribution >= 4 is 5.52 Å². The zero-order chi connectivity index (χ0) is 19.8. The molecular weight excluding hydrogens is 350 g/mol. The highest BCUT2D eigenvalue weighted by molar-refractivity contribution is 5.65. The molecule has 1 N–H and O–H groups in total. The van der Waals surface area contributed by atoms with Crippen molar-refractivity contribution in [1.29, 1.82) is 0 Å². The first-order valence-corrected chi connectivity index (χ1v) is 9.33. The summed E-state index contributed by atoms with van der Waals surface area (Å²) in [5.41, 5.74) is 6.33. The van der Waals surface area contributed by atoms with Crippen molar-refractivity contribution in [3.63, 3.8) is 0 Å². The van der Waals surface area contributed by atoms with Gasteiger partial charge in [-0.15, -0.1) is 0 Å². The van der Waals surface area contributed by atoms with E-state index in [9.17, 15) is 9.90 Å². The number of hydrogen-bond donors (Lipinski definition) is 1. The van der Waals surface area contributed by atoms with Crippen LogP contribution < -0.4 is 5.56 Å². The standard InChI is InChI=1S/C23H23N3O2/c1-15-4-7-18(8-5-15)20-13-21-23(28)25(10-11-26(21)24-20)14-22(27)19-9-6-16(2)17(3)12-19/h4-13,22,27H,14H2,1-3H3. The molecule has 2 aromatic heterocycles. The minimum atomic E-state index is -0.751. The van der Waals surface area contributed by atoms with E-state index in [1.807, 2.05) is 63.2 Å². The van der Waals surface area contributed by atoms with Crippen molar-refractivity contribution in [2.75, 3.05) is 0 Å². The van der Waals surface area contributed by atoms with Crippen LogP contribution in [-0.2, 0) is 6.54 Å². The third-order valence-electron chi connectivity index (χ3n) is 5.24. The summed E-state index contributed by atoms with van der Waals surface area (Å²) in [5.74, 6) is 0. The van der Waals surface area contributed by atoms with E-state index in [1.54, 1.807) is 23.0 Å². The van der Waals surface area contributed by atoms with E-state index in [0.29, 0.717) is 5.52 Å². The molecule has 1 atom stereocenters. The molecule has 4 rings (SSSR count). The normalized spacial score (nSPS) is 12.4. The lowest BCUT2D eigenvalue weighted by Gasteiger charge is -2.14. The first-order chi connectivity index (χ1) is 13.4. The molecule has 5 nitrogen and oxygen atoms in total. The summed E-state index contributed by atoms with van der Waals surface area (Å²) in [6.07, 6.45) is 2.67. The van der Waals surface area contributed by atoms with E-state index in [0.717, 1.165) is 22.4 Å². The fourth-order valence-electron chi connectivity index (χ4n) is 3.30. The maximum Gasteiger partial charge on any atom is 0.276 e. The summed E-state index contributed by atoms with van der Waals surface area (Å²) in [7, 11) is 0. The van der Waals surface area contributed by atoms with Gasteiger partial charge in [0.2, 0.25) is 0 Å². The number of aryl methyl sites for hydroxylation is 3. The lowest BCUT2D eigenvalue weighted by Crippen LogP contribution is -2.24. The third-order valence-corrected chi connectivity index (χ3v) is 5.24. The van der Waals surface area contributed by atoms with Gasteiger partial charge in [-0.1, -0.05) is 48.0 Å². The van der Waals surface area contributed by atoms with Crippen LogP contribution in [0.25, 0.3) is 16.8 Å². The molecule has 0 spiro atoms. The summed E-state index contributed by atoms with van der Waals surface area (Å²) in [6, 6.07) is 15.7. The van der Waals surface area contributed by atoms with Crippen LogP contribution in [0.4, 0.5) is 0 Å². The summed E-state index contributed by atoms with van der Waals surface area (Å²) < 4.78 is 3.13. The molecule has 2 aromatic carbocycles. The van der Waals surface area contributed by atoms with Gasteiger partial charge in [-0.3, -0.25) is 4.79 Å². The van der Waals surface area contributed by atoms with Crippen molar-refractivity contribution < 1.29 is 5.11 Å². The fourth-order valence-corrected chi connectivity index (χ4v) is 3.30. The molecule has 0 saturated heterocycles. The second kappa shape index (κ2) is 7.09. The van der Waals surface area contributed by atoms with Crippen LogP contribution in [0, 0.1) is 20.8 Å². The van der Waals surface area contributed by atoms with Crippen LogP contribution in [-0.4, -0.2) is 19.3 Å². The van der Waals surface area contributed by atoms with Crippen molar-refractivity contribution in [2.45, 2.75) is 33.4 Å². The molecule has 0 bridgehead atoms. The van der Waals surface area contributed by atoms with Crippen LogP contribution in [0.15, 0.2) is 65.7 Å².